The summed E-state index contributed by atoms with van der Waals surface area (Å²) >= 11 is 6.93. The van der Waals surface area contributed by atoms with Crippen molar-refractivity contribution in [1.82, 2.24) is 9.59 Å². The Kier molecular flexibility index (Phi) is 3.96. The van der Waals surface area contributed by atoms with Crippen LogP contribution in [-0.4, -0.2) is 14.5 Å². The molecule has 0 fully saturated rings. The molecule has 0 atom stereocenters. The number of hydrogen-bond donors (Lipinski definition) is 0. The zero-order valence-corrected chi connectivity index (χ0v) is 11.8. The van der Waals surface area contributed by atoms with Gasteiger partial charge in [-0.2, -0.15) is 0 Å². The Hall–Kier alpha value is -1.73. The smallest absolute Gasteiger partial charge is 0.276 e. The lowest BCUT2D eigenvalue weighted by Gasteiger charge is -2.09. The van der Waals surface area contributed by atoms with Gasteiger partial charge in [0.2, 0.25) is 0 Å². The number of aryl methyl sites for hydroxylation is 2. The summed E-state index contributed by atoms with van der Waals surface area (Å²) in [5.74, 6) is 0.446. The molecule has 19 heavy (non-hydrogen) atoms. The zero-order chi connectivity index (χ0) is 14.0. The van der Waals surface area contributed by atoms with Crippen LogP contribution < -0.4 is 4.74 Å². The number of nitro benzene ring substituents is 1. The van der Waals surface area contributed by atoms with Crippen LogP contribution in [0.4, 0.5) is 5.69 Å². The molecule has 0 aliphatic carbocycles. The fourth-order valence-electron chi connectivity index (χ4n) is 1.60. The normalized spacial score (nSPS) is 10.5. The highest BCUT2D eigenvalue weighted by atomic mass is 35.5. The molecule has 100 valence electrons. The first-order valence-electron chi connectivity index (χ1n) is 5.34. The van der Waals surface area contributed by atoms with Gasteiger partial charge in [0.1, 0.15) is 22.4 Å². The lowest BCUT2D eigenvalue weighted by atomic mass is 10.1. The third-order valence-corrected chi connectivity index (χ3v) is 3.55. The maximum atomic E-state index is 10.9. The molecular weight excluding hydrogens is 290 g/mol. The van der Waals surface area contributed by atoms with E-state index in [0.29, 0.717) is 21.3 Å². The van der Waals surface area contributed by atoms with Crippen LogP contribution in [0.15, 0.2) is 12.1 Å². The minimum absolute atomic E-state index is 0.0306. The highest BCUT2D eigenvalue weighted by Crippen LogP contribution is 2.29. The summed E-state index contributed by atoms with van der Waals surface area (Å²) in [7, 11) is 0. The van der Waals surface area contributed by atoms with Gasteiger partial charge in [-0.05, 0) is 25.5 Å². The van der Waals surface area contributed by atoms with Gasteiger partial charge < -0.3 is 4.74 Å². The van der Waals surface area contributed by atoms with Crippen molar-refractivity contribution in [3.63, 3.8) is 0 Å². The van der Waals surface area contributed by atoms with Gasteiger partial charge in [-0.1, -0.05) is 16.1 Å². The summed E-state index contributed by atoms with van der Waals surface area (Å²) in [6, 6.07) is 3.13. The van der Waals surface area contributed by atoms with Gasteiger partial charge in [-0.15, -0.1) is 5.10 Å². The van der Waals surface area contributed by atoms with Crippen LogP contribution in [0.3, 0.4) is 0 Å². The average molecular weight is 300 g/mol. The molecule has 0 saturated heterocycles. The van der Waals surface area contributed by atoms with Crippen molar-refractivity contribution in [2.24, 2.45) is 0 Å². The number of nitro groups is 1. The second-order valence-corrected chi connectivity index (χ2v) is 5.30. The lowest BCUT2D eigenvalue weighted by Crippen LogP contribution is -2.00. The van der Waals surface area contributed by atoms with E-state index in [-0.39, 0.29) is 12.3 Å². The van der Waals surface area contributed by atoms with Crippen molar-refractivity contribution in [3.05, 3.63) is 43.4 Å². The van der Waals surface area contributed by atoms with Crippen molar-refractivity contribution in [2.75, 3.05) is 0 Å². The predicted molar refractivity (Wildman–Crippen MR) is 71.8 cm³/mol. The summed E-state index contributed by atoms with van der Waals surface area (Å²) in [5, 5.41) is 14.7. The minimum atomic E-state index is -0.432. The van der Waals surface area contributed by atoms with Crippen molar-refractivity contribution < 1.29 is 9.66 Å². The largest absolute Gasteiger partial charge is 0.487 e. The monoisotopic (exact) mass is 299 g/mol. The van der Waals surface area contributed by atoms with Crippen molar-refractivity contribution in [1.29, 1.82) is 0 Å². The van der Waals surface area contributed by atoms with E-state index in [0.717, 1.165) is 17.1 Å². The van der Waals surface area contributed by atoms with E-state index in [1.54, 1.807) is 13.0 Å². The van der Waals surface area contributed by atoms with E-state index < -0.39 is 4.92 Å². The van der Waals surface area contributed by atoms with Gasteiger partial charge >= 0.3 is 0 Å². The Morgan fingerprint density at radius 1 is 1.42 bits per heavy atom. The van der Waals surface area contributed by atoms with Gasteiger partial charge in [-0.3, -0.25) is 10.1 Å². The summed E-state index contributed by atoms with van der Waals surface area (Å²) in [4.78, 5) is 10.4. The molecule has 1 aromatic heterocycles. The van der Waals surface area contributed by atoms with Crippen LogP contribution in [0, 0.1) is 24.0 Å². The third kappa shape index (κ3) is 2.99. The number of nitrogens with zero attached hydrogens (tertiary/aromatic N) is 3. The minimum Gasteiger partial charge on any atom is -0.487 e. The van der Waals surface area contributed by atoms with E-state index in [4.69, 9.17) is 16.3 Å². The average Bonchev–Trinajstić information content (AvgIpc) is 2.73. The van der Waals surface area contributed by atoms with Gasteiger partial charge in [0.15, 0.2) is 0 Å². The SMILES string of the molecule is Cc1cc(C)c([N+](=O)[O-])cc1OCc1nnsc1Cl. The Bertz CT molecular complexity index is 630. The van der Waals surface area contributed by atoms with Crippen molar-refractivity contribution >= 4 is 28.8 Å². The summed E-state index contributed by atoms with van der Waals surface area (Å²) in [6.45, 7) is 3.65. The molecule has 0 radical (unpaired) electrons. The molecule has 1 heterocycles. The first-order valence-corrected chi connectivity index (χ1v) is 6.49. The van der Waals surface area contributed by atoms with E-state index in [9.17, 15) is 10.1 Å². The zero-order valence-electron chi connectivity index (χ0n) is 10.2. The van der Waals surface area contributed by atoms with Crippen LogP contribution in [0.25, 0.3) is 0 Å². The molecule has 6 nitrogen and oxygen atoms in total. The van der Waals surface area contributed by atoms with E-state index in [2.05, 4.69) is 9.59 Å². The highest BCUT2D eigenvalue weighted by molar-refractivity contribution is 7.10. The van der Waals surface area contributed by atoms with Crippen molar-refractivity contribution in [3.8, 4) is 5.75 Å². The fourth-order valence-corrected chi connectivity index (χ4v) is 2.20. The number of halogens is 1. The van der Waals surface area contributed by atoms with E-state index in [1.165, 1.54) is 6.07 Å². The van der Waals surface area contributed by atoms with Crippen LogP contribution in [-0.2, 0) is 6.61 Å². The molecule has 0 amide bonds. The molecule has 0 N–H and O–H groups in total. The van der Waals surface area contributed by atoms with Crippen LogP contribution >= 0.6 is 23.1 Å². The fraction of sp³-hybridized carbons (Fsp3) is 0.273. The highest BCUT2D eigenvalue weighted by Gasteiger charge is 2.15. The second-order valence-electron chi connectivity index (χ2n) is 3.94. The molecule has 8 heteroatoms. The molecule has 1 aromatic carbocycles. The topological polar surface area (TPSA) is 78.2 Å². The number of benzene rings is 1. The van der Waals surface area contributed by atoms with E-state index in [1.807, 2.05) is 6.92 Å². The maximum Gasteiger partial charge on any atom is 0.276 e. The molecule has 0 bridgehead atoms. The Balaban J connectivity index is 2.23. The summed E-state index contributed by atoms with van der Waals surface area (Å²) < 4.78 is 9.67. The number of aromatic nitrogens is 2. The first kappa shape index (κ1) is 13.7. The standard InChI is InChI=1S/C11H10ClN3O3S/c1-6-3-7(2)10(4-9(6)15(16)17)18-5-8-11(12)19-14-13-8/h3-4H,5H2,1-2H3. The Morgan fingerprint density at radius 3 is 2.74 bits per heavy atom. The number of rotatable bonds is 4. The number of ether oxygens (including phenoxy) is 1. The summed E-state index contributed by atoms with van der Waals surface area (Å²) in [6.07, 6.45) is 0. The molecule has 0 aliphatic rings. The predicted octanol–water partition coefficient (Wildman–Crippen LogP) is 3.30. The molecule has 0 saturated carbocycles. The molecule has 0 unspecified atom stereocenters. The molecule has 0 aliphatic heterocycles. The molecule has 2 aromatic rings. The third-order valence-electron chi connectivity index (χ3n) is 2.56. The summed E-state index contributed by atoms with van der Waals surface area (Å²) in [5.41, 5.74) is 1.98. The van der Waals surface area contributed by atoms with Crippen LogP contribution in [0.1, 0.15) is 16.8 Å². The Labute approximate surface area is 118 Å². The van der Waals surface area contributed by atoms with Gasteiger partial charge in [-0.25, -0.2) is 0 Å². The van der Waals surface area contributed by atoms with Crippen LogP contribution in [0.2, 0.25) is 4.34 Å². The lowest BCUT2D eigenvalue weighted by molar-refractivity contribution is -0.385. The molecular formula is C11H10ClN3O3S. The molecule has 0 spiro atoms. The van der Waals surface area contributed by atoms with E-state index >= 15 is 0 Å². The number of hydrogen-bond acceptors (Lipinski definition) is 6. The molecule has 2 rings (SSSR count). The van der Waals surface area contributed by atoms with Gasteiger partial charge in [0, 0.05) is 17.1 Å². The quantitative estimate of drug-likeness (QED) is 0.639. The maximum absolute atomic E-state index is 10.9. The van der Waals surface area contributed by atoms with Crippen molar-refractivity contribution in [2.45, 2.75) is 20.5 Å². The van der Waals surface area contributed by atoms with Crippen LogP contribution in [0.5, 0.6) is 5.75 Å². The van der Waals surface area contributed by atoms with Gasteiger partial charge in [0.25, 0.3) is 5.69 Å². The second kappa shape index (κ2) is 5.50. The van der Waals surface area contributed by atoms with Gasteiger partial charge in [0.05, 0.1) is 11.0 Å². The first-order chi connectivity index (χ1) is 8.99. The Morgan fingerprint density at radius 2 is 2.16 bits per heavy atom.